The van der Waals surface area contributed by atoms with Gasteiger partial charge in [0.05, 0.1) is 18.7 Å². The van der Waals surface area contributed by atoms with Crippen LogP contribution in [0.4, 0.5) is 0 Å². The Morgan fingerprint density at radius 2 is 2.00 bits per heavy atom. The number of carbonyl (C=O) groups is 1. The maximum atomic E-state index is 12.2. The Hall–Kier alpha value is -3.48. The van der Waals surface area contributed by atoms with Crippen molar-refractivity contribution in [3.05, 3.63) is 70.1 Å². The van der Waals surface area contributed by atoms with E-state index in [1.807, 2.05) is 18.2 Å². The van der Waals surface area contributed by atoms with Crippen molar-refractivity contribution in [2.24, 2.45) is 5.10 Å². The third-order valence-corrected chi connectivity index (χ3v) is 3.38. The molecular weight excluding hydrogens is 308 g/mol. The van der Waals surface area contributed by atoms with Crippen molar-refractivity contribution in [2.75, 3.05) is 7.11 Å². The van der Waals surface area contributed by atoms with Crippen LogP contribution in [0.15, 0.2) is 58.4 Å². The Kier molecular flexibility index (Phi) is 4.33. The number of amides is 1. The van der Waals surface area contributed by atoms with Gasteiger partial charge in [0.25, 0.3) is 11.5 Å². The van der Waals surface area contributed by atoms with E-state index in [1.54, 1.807) is 37.4 Å². The molecule has 3 rings (SSSR count). The van der Waals surface area contributed by atoms with Gasteiger partial charge in [-0.1, -0.05) is 30.3 Å². The molecule has 2 aromatic carbocycles. The van der Waals surface area contributed by atoms with Crippen LogP contribution in [0.1, 0.15) is 16.1 Å². The first kappa shape index (κ1) is 15.4. The Morgan fingerprint density at radius 1 is 1.21 bits per heavy atom. The zero-order chi connectivity index (χ0) is 16.9. The number of rotatable bonds is 4. The number of benzene rings is 2. The van der Waals surface area contributed by atoms with Crippen LogP contribution in [0.2, 0.25) is 0 Å². The van der Waals surface area contributed by atoms with Crippen molar-refractivity contribution in [2.45, 2.75) is 0 Å². The molecule has 0 unspecified atom stereocenters. The Bertz CT molecular complexity index is 979. The van der Waals surface area contributed by atoms with Gasteiger partial charge >= 0.3 is 0 Å². The van der Waals surface area contributed by atoms with Gasteiger partial charge < -0.3 is 4.74 Å². The molecule has 0 bridgehead atoms. The van der Waals surface area contributed by atoms with Gasteiger partial charge in [-0.2, -0.15) is 10.2 Å². The van der Waals surface area contributed by atoms with Crippen molar-refractivity contribution in [1.29, 1.82) is 0 Å². The van der Waals surface area contributed by atoms with E-state index in [-0.39, 0.29) is 11.3 Å². The van der Waals surface area contributed by atoms with Crippen molar-refractivity contribution in [3.8, 4) is 5.75 Å². The molecule has 0 fully saturated rings. The van der Waals surface area contributed by atoms with Gasteiger partial charge in [0.2, 0.25) is 0 Å². The average Bonchev–Trinajstić information content (AvgIpc) is 2.62. The summed E-state index contributed by atoms with van der Waals surface area (Å²) in [5, 5.41) is 10.9. The van der Waals surface area contributed by atoms with E-state index in [2.05, 4.69) is 20.7 Å². The number of aromatic nitrogens is 2. The van der Waals surface area contributed by atoms with Gasteiger partial charge in [-0.05, 0) is 23.8 Å². The van der Waals surface area contributed by atoms with E-state index in [0.29, 0.717) is 16.5 Å². The molecule has 0 aliphatic carbocycles. The summed E-state index contributed by atoms with van der Waals surface area (Å²) in [6, 6.07) is 14.0. The molecule has 1 heterocycles. The number of aromatic amines is 1. The van der Waals surface area contributed by atoms with Gasteiger partial charge in [-0.3, -0.25) is 9.59 Å². The van der Waals surface area contributed by atoms with E-state index in [4.69, 9.17) is 4.74 Å². The first-order valence-electron chi connectivity index (χ1n) is 7.14. The highest BCUT2D eigenvalue weighted by atomic mass is 16.5. The predicted molar refractivity (Wildman–Crippen MR) is 90.4 cm³/mol. The molecule has 3 aromatic rings. The van der Waals surface area contributed by atoms with Gasteiger partial charge in [-0.15, -0.1) is 0 Å². The maximum absolute atomic E-state index is 12.2. The number of methoxy groups -OCH3 is 1. The molecular formula is C17H14N4O3. The van der Waals surface area contributed by atoms with Crippen LogP contribution in [0.3, 0.4) is 0 Å². The highest BCUT2D eigenvalue weighted by Crippen LogP contribution is 2.12. The number of nitrogens with zero attached hydrogens (tertiary/aromatic N) is 2. The second-order valence-corrected chi connectivity index (χ2v) is 4.92. The second kappa shape index (κ2) is 6.74. The lowest BCUT2D eigenvalue weighted by atomic mass is 10.1. The maximum Gasteiger partial charge on any atom is 0.292 e. The third kappa shape index (κ3) is 3.14. The molecule has 0 saturated heterocycles. The summed E-state index contributed by atoms with van der Waals surface area (Å²) in [4.78, 5) is 24.0. The summed E-state index contributed by atoms with van der Waals surface area (Å²) in [5.41, 5.74) is 2.93. The van der Waals surface area contributed by atoms with Gasteiger partial charge in [0.15, 0.2) is 5.69 Å². The molecule has 7 nitrogen and oxygen atoms in total. The lowest BCUT2D eigenvalue weighted by Crippen LogP contribution is -2.22. The van der Waals surface area contributed by atoms with Crippen LogP contribution in [-0.4, -0.2) is 29.4 Å². The molecule has 1 aromatic heterocycles. The summed E-state index contributed by atoms with van der Waals surface area (Å²) >= 11 is 0. The molecule has 24 heavy (non-hydrogen) atoms. The molecule has 0 saturated carbocycles. The molecule has 0 radical (unpaired) electrons. The minimum atomic E-state index is -0.512. The molecule has 120 valence electrons. The van der Waals surface area contributed by atoms with Crippen LogP contribution >= 0.6 is 0 Å². The fourth-order valence-electron chi connectivity index (χ4n) is 2.23. The minimum absolute atomic E-state index is 0.105. The number of carbonyl (C=O) groups excluding carboxylic acids is 1. The Labute approximate surface area is 137 Å². The van der Waals surface area contributed by atoms with Crippen molar-refractivity contribution < 1.29 is 9.53 Å². The average molecular weight is 322 g/mol. The molecule has 2 N–H and O–H groups in total. The number of hydrogen-bond acceptors (Lipinski definition) is 5. The summed E-state index contributed by atoms with van der Waals surface area (Å²) in [6.45, 7) is 0. The summed E-state index contributed by atoms with van der Waals surface area (Å²) in [6.07, 6.45) is 1.49. The van der Waals surface area contributed by atoms with Crippen LogP contribution in [0.5, 0.6) is 5.75 Å². The molecule has 0 aliphatic heterocycles. The number of nitrogens with one attached hydrogen (secondary N) is 2. The van der Waals surface area contributed by atoms with E-state index >= 15 is 0 Å². The molecule has 0 aliphatic rings. The highest BCUT2D eigenvalue weighted by Gasteiger charge is 2.12. The van der Waals surface area contributed by atoms with Crippen molar-refractivity contribution in [3.63, 3.8) is 0 Å². The number of fused-ring (bicyclic) bond motifs is 1. The zero-order valence-electron chi connectivity index (χ0n) is 12.8. The topological polar surface area (TPSA) is 96.4 Å². The van der Waals surface area contributed by atoms with Crippen molar-refractivity contribution >= 4 is 22.9 Å². The molecule has 0 atom stereocenters. The fraction of sp³-hybridized carbons (Fsp3) is 0.0588. The number of H-pyrrole nitrogens is 1. The molecule has 7 heteroatoms. The monoisotopic (exact) mass is 322 g/mol. The summed E-state index contributed by atoms with van der Waals surface area (Å²) in [7, 11) is 1.57. The number of hydrogen-bond donors (Lipinski definition) is 2. The fourth-order valence-corrected chi connectivity index (χ4v) is 2.23. The van der Waals surface area contributed by atoms with E-state index in [0.717, 1.165) is 5.56 Å². The smallest absolute Gasteiger partial charge is 0.292 e. The van der Waals surface area contributed by atoms with E-state index in [9.17, 15) is 9.59 Å². The summed E-state index contributed by atoms with van der Waals surface area (Å²) < 4.78 is 5.12. The van der Waals surface area contributed by atoms with Crippen molar-refractivity contribution in [1.82, 2.24) is 15.6 Å². The van der Waals surface area contributed by atoms with Crippen LogP contribution in [0, 0.1) is 0 Å². The van der Waals surface area contributed by atoms with Crippen LogP contribution < -0.4 is 15.7 Å². The first-order valence-corrected chi connectivity index (χ1v) is 7.14. The standard InChI is InChI=1S/C17H14N4O3/c1-24-12-6-4-5-11(9-12)10-18-20-17(23)15-13-7-2-3-8-14(13)16(22)21-19-15/h2-10H,1H3,(H,20,23)(H,21,22)/b18-10+. The highest BCUT2D eigenvalue weighted by molar-refractivity contribution is 6.04. The van der Waals surface area contributed by atoms with Crippen LogP contribution in [0.25, 0.3) is 10.8 Å². The Balaban J connectivity index is 1.82. The lowest BCUT2D eigenvalue weighted by Gasteiger charge is -2.03. The number of ether oxygens (including phenoxy) is 1. The largest absolute Gasteiger partial charge is 0.497 e. The zero-order valence-corrected chi connectivity index (χ0v) is 12.8. The molecule has 0 spiro atoms. The quantitative estimate of drug-likeness (QED) is 0.564. The predicted octanol–water partition coefficient (Wildman–Crippen LogP) is 1.70. The minimum Gasteiger partial charge on any atom is -0.497 e. The first-order chi connectivity index (χ1) is 11.7. The van der Waals surface area contributed by atoms with Gasteiger partial charge in [0, 0.05) is 5.39 Å². The van der Waals surface area contributed by atoms with Crippen LogP contribution in [-0.2, 0) is 0 Å². The third-order valence-electron chi connectivity index (χ3n) is 3.38. The SMILES string of the molecule is COc1cccc(/C=N/NC(=O)c2n[nH]c(=O)c3ccccc23)c1. The van der Waals surface area contributed by atoms with E-state index in [1.165, 1.54) is 6.21 Å². The normalized spacial score (nSPS) is 10.9. The summed E-state index contributed by atoms with van der Waals surface area (Å²) in [5.74, 6) is 0.181. The number of hydrazone groups is 1. The Morgan fingerprint density at radius 3 is 2.79 bits per heavy atom. The van der Waals surface area contributed by atoms with Gasteiger partial charge in [-0.25, -0.2) is 10.5 Å². The lowest BCUT2D eigenvalue weighted by molar-refractivity contribution is 0.0951. The van der Waals surface area contributed by atoms with Gasteiger partial charge in [0.1, 0.15) is 5.75 Å². The molecule has 1 amide bonds. The second-order valence-electron chi connectivity index (χ2n) is 4.92. The van der Waals surface area contributed by atoms with E-state index < -0.39 is 5.91 Å².